The summed E-state index contributed by atoms with van der Waals surface area (Å²) in [5, 5.41) is 265. The van der Waals surface area contributed by atoms with Crippen molar-refractivity contribution in [3.05, 3.63) is 0 Å². The summed E-state index contributed by atoms with van der Waals surface area (Å²) in [5.74, 6) is -3.62. The second kappa shape index (κ2) is 39.0. The van der Waals surface area contributed by atoms with Crippen molar-refractivity contribution >= 4 is 23.6 Å². The number of rotatable bonds is 27. The zero-order chi connectivity index (χ0) is 81.1. The topological polar surface area (TPSA) is 739 Å². The maximum Gasteiger partial charge on any atom is 0.217 e. The molecule has 45 atom stereocenters. The number of ether oxygens (including phenoxy) is 17. The standard InChI is InChI=1S/C62H104N4O44/c1-14-31(77)41(87)44(90)58(95-14)109-52-51(108-57-30(66-19(6)76)49(35(81)22(9-69)99-57)105-60-46(92)43(89)34(80)21(8-68)100-60)37(83)23(10-70)101-61(52)104-47-25(12-72)103-55(28(40(47)86)64-17(4)74)94-13-26-38(84)48(29(54(93)97-26)65-18(5)75)106-62-53(110-59-45(91)42(88)32(78)15(2)96-59)50(36(82)24(11-71)102-62)107-56-27(63-16(3)73)39(85)33(79)20(7-67)98-56/h14-15,20-62,67-72,77-93H,7-13H2,1-6H3,(H,63,73)(H,64,74)(H,65,75)(H,66,76)/t14-,15-,20+,21+,22+,23+,24+,25+,26+,27+,28+,29+,30+,31+,32+,33-,34-,35+,36-,37-,38-,39+,40+,41+,42+,43-,44-,45-,46+,47+,48+,49+,50-,51-,52+,53+,54-,55+,56+,57+,58-,59-,60-,61-,62-/m0/s1. The van der Waals surface area contributed by atoms with Crippen molar-refractivity contribution in [3.63, 3.8) is 0 Å². The van der Waals surface area contributed by atoms with Crippen molar-refractivity contribution in [1.82, 2.24) is 21.3 Å². The first kappa shape index (κ1) is 90.2. The second-order valence-electron chi connectivity index (χ2n) is 28.1. The number of aliphatic hydroxyl groups is 23. The monoisotopic (exact) mass is 1610 g/mol. The number of amides is 4. The van der Waals surface area contributed by atoms with Gasteiger partial charge in [0.15, 0.2) is 56.6 Å². The summed E-state index contributed by atoms with van der Waals surface area (Å²) in [7, 11) is 0. The predicted molar refractivity (Wildman–Crippen MR) is 341 cm³/mol. The number of nitrogens with one attached hydrogen (secondary N) is 4. The molecule has 9 aliphatic heterocycles. The molecule has 48 nitrogen and oxygen atoms in total. The third-order valence-corrected chi connectivity index (χ3v) is 20.3. The third kappa shape index (κ3) is 19.8. The molecule has 0 spiro atoms. The van der Waals surface area contributed by atoms with Gasteiger partial charge in [-0.3, -0.25) is 19.2 Å². The van der Waals surface area contributed by atoms with Gasteiger partial charge in [-0.05, 0) is 13.8 Å². The van der Waals surface area contributed by atoms with Crippen molar-refractivity contribution < 1.29 is 217 Å². The normalized spacial score (nSPS) is 49.6. The second-order valence-corrected chi connectivity index (χ2v) is 28.1. The van der Waals surface area contributed by atoms with E-state index in [1.165, 1.54) is 13.8 Å². The highest BCUT2D eigenvalue weighted by Gasteiger charge is 2.62. The number of carbonyl (C=O) groups is 4. The van der Waals surface area contributed by atoms with Crippen LogP contribution < -0.4 is 21.3 Å². The fourth-order valence-corrected chi connectivity index (χ4v) is 14.3. The summed E-state index contributed by atoms with van der Waals surface area (Å²) < 4.78 is 102. The first-order valence-corrected chi connectivity index (χ1v) is 35.3. The van der Waals surface area contributed by atoms with Crippen LogP contribution in [0.4, 0.5) is 0 Å². The SMILES string of the molecule is CC(=O)N[C@@H]1[C@@H](O[C@@H]2O[C@H](CO)[C@H](O)[C@H](O[C@H]3O[C@H](CO)[C@H](O)[C@H](O)[C@H]3NC(C)=O)[C@H]2O[C@@H]2O[C@@H](C)[C@@H](O)[C@@H](O)[C@@H]2O)[C@@H](O)[C@@H](CO[C@@H]2O[C@H](CO)[C@@H](O[C@@H]3O[C@H](CO)[C@H](O)[C@H](O[C@H]4O[C@H](CO)[C@@H](O)[C@H](O[C@@H]5O[C@H](CO)[C@H](O)[C@H](O)[C@H]5O)[C@H]4NC(C)=O)[C@H]3O[C@@H]3O[C@@H](C)[C@@H](O)[C@@H](O)[C@@H]3O)[C@H](O)[C@H]2NC(C)=O)O[C@@H]1O. The quantitative estimate of drug-likeness (QED) is 0.0363. The number of aliphatic hydroxyl groups excluding tert-OH is 23. The fraction of sp³-hybridized carbons (Fsp3) is 0.935. The molecule has 636 valence electrons. The van der Waals surface area contributed by atoms with Crippen molar-refractivity contribution in [2.45, 2.75) is 318 Å². The summed E-state index contributed by atoms with van der Waals surface area (Å²) in [6.07, 6.45) is -82.2. The van der Waals surface area contributed by atoms with Crippen LogP contribution in [0.15, 0.2) is 0 Å². The smallest absolute Gasteiger partial charge is 0.217 e. The minimum absolute atomic E-state index is 0.837. The molecule has 0 aromatic carbocycles. The van der Waals surface area contributed by atoms with Crippen LogP contribution in [0.1, 0.15) is 41.5 Å². The van der Waals surface area contributed by atoms with E-state index in [2.05, 4.69) is 21.3 Å². The largest absolute Gasteiger partial charge is 0.394 e. The Bertz CT molecular complexity index is 2930. The first-order chi connectivity index (χ1) is 51.9. The van der Waals surface area contributed by atoms with Crippen LogP contribution >= 0.6 is 0 Å². The Morgan fingerprint density at radius 1 is 0.255 bits per heavy atom. The highest BCUT2D eigenvalue weighted by molar-refractivity contribution is 5.74. The Hall–Kier alpha value is -3.72. The van der Waals surface area contributed by atoms with Gasteiger partial charge in [0.2, 0.25) is 23.6 Å². The molecule has 0 aliphatic carbocycles. The number of hydrogen-bond donors (Lipinski definition) is 27. The summed E-state index contributed by atoms with van der Waals surface area (Å²) >= 11 is 0. The Morgan fingerprint density at radius 2 is 0.545 bits per heavy atom. The van der Waals surface area contributed by atoms with Crippen molar-refractivity contribution in [3.8, 4) is 0 Å². The average Bonchev–Trinajstić information content (AvgIpc) is 0.762. The van der Waals surface area contributed by atoms with Crippen LogP contribution in [0.25, 0.3) is 0 Å². The van der Waals surface area contributed by atoms with Gasteiger partial charge >= 0.3 is 0 Å². The van der Waals surface area contributed by atoms with E-state index in [1.807, 2.05) is 0 Å². The number of carbonyl (C=O) groups excluding carboxylic acids is 4. The molecule has 0 saturated carbocycles. The molecule has 0 bridgehead atoms. The minimum atomic E-state index is -2.28. The van der Waals surface area contributed by atoms with Crippen LogP contribution in [-0.2, 0) is 99.7 Å². The lowest BCUT2D eigenvalue weighted by Crippen LogP contribution is -2.71. The summed E-state index contributed by atoms with van der Waals surface area (Å²) in [6, 6.07) is -7.44. The van der Waals surface area contributed by atoms with E-state index in [-0.39, 0.29) is 0 Å². The Balaban J connectivity index is 1.01. The van der Waals surface area contributed by atoms with Gasteiger partial charge in [-0.25, -0.2) is 0 Å². The van der Waals surface area contributed by atoms with Crippen LogP contribution in [-0.4, -0.2) is 463 Å². The number of hydrogen-bond acceptors (Lipinski definition) is 44. The highest BCUT2D eigenvalue weighted by Crippen LogP contribution is 2.41. The lowest BCUT2D eigenvalue weighted by molar-refractivity contribution is -0.402. The van der Waals surface area contributed by atoms with Gasteiger partial charge in [0, 0.05) is 27.7 Å². The molecule has 0 aromatic rings. The van der Waals surface area contributed by atoms with Gasteiger partial charge in [-0.2, -0.15) is 0 Å². The van der Waals surface area contributed by atoms with E-state index in [9.17, 15) is 137 Å². The minimum Gasteiger partial charge on any atom is -0.394 e. The molecular weight excluding hydrogens is 1500 g/mol. The third-order valence-electron chi connectivity index (χ3n) is 20.3. The summed E-state index contributed by atoms with van der Waals surface area (Å²) in [4.78, 5) is 51.7. The Kier molecular flexibility index (Phi) is 32.0. The lowest BCUT2D eigenvalue weighted by Gasteiger charge is -2.52. The summed E-state index contributed by atoms with van der Waals surface area (Å²) in [6.45, 7) is -1.17. The average molecular weight is 1610 g/mol. The molecule has 0 radical (unpaired) electrons. The highest BCUT2D eigenvalue weighted by atomic mass is 16.8. The van der Waals surface area contributed by atoms with Gasteiger partial charge in [0.1, 0.15) is 207 Å². The Labute approximate surface area is 624 Å². The maximum absolute atomic E-state index is 13.2. The van der Waals surface area contributed by atoms with E-state index in [4.69, 9.17) is 80.5 Å². The van der Waals surface area contributed by atoms with Gasteiger partial charge < -0.3 is 219 Å². The van der Waals surface area contributed by atoms with Crippen LogP contribution in [0.5, 0.6) is 0 Å². The molecule has 0 unspecified atom stereocenters. The van der Waals surface area contributed by atoms with Crippen LogP contribution in [0, 0.1) is 0 Å². The van der Waals surface area contributed by atoms with E-state index in [0.29, 0.717) is 0 Å². The molecule has 9 rings (SSSR count). The van der Waals surface area contributed by atoms with Gasteiger partial charge in [0.05, 0.1) is 58.5 Å². The van der Waals surface area contributed by atoms with Gasteiger partial charge in [-0.1, -0.05) is 0 Å². The van der Waals surface area contributed by atoms with Gasteiger partial charge in [0.25, 0.3) is 0 Å². The lowest BCUT2D eigenvalue weighted by atomic mass is 9.93. The molecule has 9 saturated heterocycles. The molecule has 0 aromatic heterocycles. The molecule has 9 heterocycles. The molecule has 48 heteroatoms. The van der Waals surface area contributed by atoms with Gasteiger partial charge in [-0.15, -0.1) is 0 Å². The molecule has 9 fully saturated rings. The summed E-state index contributed by atoms with van der Waals surface area (Å²) in [5.41, 5.74) is 0. The van der Waals surface area contributed by atoms with Crippen molar-refractivity contribution in [2.75, 3.05) is 46.2 Å². The predicted octanol–water partition coefficient (Wildman–Crippen LogP) is -18.0. The van der Waals surface area contributed by atoms with E-state index < -0.39 is 346 Å². The van der Waals surface area contributed by atoms with Crippen LogP contribution in [0.3, 0.4) is 0 Å². The van der Waals surface area contributed by atoms with Crippen molar-refractivity contribution in [1.29, 1.82) is 0 Å². The van der Waals surface area contributed by atoms with E-state index >= 15 is 0 Å². The Morgan fingerprint density at radius 3 is 0.982 bits per heavy atom. The van der Waals surface area contributed by atoms with Crippen molar-refractivity contribution in [2.24, 2.45) is 0 Å². The van der Waals surface area contributed by atoms with Crippen LogP contribution in [0.2, 0.25) is 0 Å². The maximum atomic E-state index is 13.2. The molecule has 110 heavy (non-hydrogen) atoms. The molecule has 4 amide bonds. The zero-order valence-corrected chi connectivity index (χ0v) is 59.8. The first-order valence-electron chi connectivity index (χ1n) is 35.3. The molecular formula is C62H104N4O44. The molecule has 27 N–H and O–H groups in total. The van der Waals surface area contributed by atoms with E-state index in [0.717, 1.165) is 27.7 Å². The molecule has 9 aliphatic rings. The van der Waals surface area contributed by atoms with E-state index in [1.54, 1.807) is 0 Å². The zero-order valence-electron chi connectivity index (χ0n) is 59.8. The fourth-order valence-electron chi connectivity index (χ4n) is 14.3.